The van der Waals surface area contributed by atoms with E-state index >= 15 is 0 Å². The molecule has 0 unspecified atom stereocenters. The summed E-state index contributed by atoms with van der Waals surface area (Å²) in [7, 11) is 0. The van der Waals surface area contributed by atoms with Crippen LogP contribution in [0.3, 0.4) is 0 Å². The topological polar surface area (TPSA) is 12.0 Å². The van der Waals surface area contributed by atoms with Gasteiger partial charge in [-0.15, -0.1) is 0 Å². The van der Waals surface area contributed by atoms with Crippen LogP contribution < -0.4 is 5.32 Å². The molecule has 0 heterocycles. The minimum atomic E-state index is 0.613. The van der Waals surface area contributed by atoms with Crippen LogP contribution in [0.2, 0.25) is 0 Å². The lowest BCUT2D eigenvalue weighted by Crippen LogP contribution is -2.23. The summed E-state index contributed by atoms with van der Waals surface area (Å²) < 4.78 is 0. The number of hydrogen-bond donors (Lipinski definition) is 1. The third-order valence-electron chi connectivity index (χ3n) is 1.38. The highest BCUT2D eigenvalue weighted by Crippen LogP contribution is 1.94. The summed E-state index contributed by atoms with van der Waals surface area (Å²) in [5, 5.41) is 3.37. The second-order valence-electron chi connectivity index (χ2n) is 3.57. The van der Waals surface area contributed by atoms with E-state index in [2.05, 4.69) is 45.2 Å². The van der Waals surface area contributed by atoms with Gasteiger partial charge in [0.2, 0.25) is 0 Å². The van der Waals surface area contributed by atoms with Crippen molar-refractivity contribution in [2.24, 2.45) is 5.92 Å². The van der Waals surface area contributed by atoms with E-state index in [-0.39, 0.29) is 0 Å². The average molecular weight is 155 g/mol. The number of nitrogens with one attached hydrogen (secondary N) is 1. The van der Waals surface area contributed by atoms with Crippen LogP contribution in [0.4, 0.5) is 0 Å². The summed E-state index contributed by atoms with van der Waals surface area (Å²) in [5.74, 6) is 0.689. The first-order valence-corrected chi connectivity index (χ1v) is 4.53. The number of allylic oxidation sites excluding steroid dienone is 1. The highest BCUT2D eigenvalue weighted by Gasteiger charge is 1.88. The molecule has 0 aliphatic rings. The van der Waals surface area contributed by atoms with Crippen LogP contribution in [0.5, 0.6) is 0 Å². The fourth-order valence-electron chi connectivity index (χ4n) is 0.824. The zero-order valence-corrected chi connectivity index (χ0v) is 8.22. The van der Waals surface area contributed by atoms with E-state index in [1.54, 1.807) is 0 Å². The van der Waals surface area contributed by atoms with Crippen molar-refractivity contribution >= 4 is 0 Å². The standard InChI is InChI=1S/C10H21N/c1-9(2)7-5-6-8-11-10(3)4/h5,7,9-11H,6,8H2,1-4H3/b7-5-. The molecule has 0 aromatic rings. The van der Waals surface area contributed by atoms with Crippen LogP contribution in [-0.2, 0) is 0 Å². The molecule has 1 nitrogen and oxygen atoms in total. The van der Waals surface area contributed by atoms with E-state index in [1.807, 2.05) is 0 Å². The first kappa shape index (κ1) is 10.7. The Bertz CT molecular complexity index is 103. The van der Waals surface area contributed by atoms with E-state index in [0.717, 1.165) is 13.0 Å². The van der Waals surface area contributed by atoms with E-state index in [4.69, 9.17) is 0 Å². The molecule has 0 aliphatic carbocycles. The molecule has 0 aromatic heterocycles. The predicted octanol–water partition coefficient (Wildman–Crippen LogP) is 2.59. The Kier molecular flexibility index (Phi) is 6.24. The average Bonchev–Trinajstić information content (AvgIpc) is 1.85. The predicted molar refractivity (Wildman–Crippen MR) is 51.7 cm³/mol. The molecule has 0 saturated carbocycles. The van der Waals surface area contributed by atoms with Crippen molar-refractivity contribution in [1.29, 1.82) is 0 Å². The Morgan fingerprint density at radius 3 is 2.27 bits per heavy atom. The molecule has 0 fully saturated rings. The maximum absolute atomic E-state index is 3.37. The van der Waals surface area contributed by atoms with Crippen LogP contribution in [0.15, 0.2) is 12.2 Å². The minimum Gasteiger partial charge on any atom is -0.314 e. The monoisotopic (exact) mass is 155 g/mol. The highest BCUT2D eigenvalue weighted by molar-refractivity contribution is 4.84. The number of rotatable bonds is 5. The molecule has 0 aromatic carbocycles. The van der Waals surface area contributed by atoms with Crippen molar-refractivity contribution in [2.45, 2.75) is 40.2 Å². The van der Waals surface area contributed by atoms with Crippen LogP contribution in [0.1, 0.15) is 34.1 Å². The largest absolute Gasteiger partial charge is 0.314 e. The van der Waals surface area contributed by atoms with Crippen molar-refractivity contribution < 1.29 is 0 Å². The summed E-state index contributed by atoms with van der Waals surface area (Å²) in [5.41, 5.74) is 0. The molecule has 0 rings (SSSR count). The second kappa shape index (κ2) is 6.41. The van der Waals surface area contributed by atoms with Gasteiger partial charge in [-0.05, 0) is 18.9 Å². The van der Waals surface area contributed by atoms with Crippen LogP contribution in [-0.4, -0.2) is 12.6 Å². The Labute approximate surface area is 70.9 Å². The molecule has 0 radical (unpaired) electrons. The van der Waals surface area contributed by atoms with Gasteiger partial charge in [0.05, 0.1) is 0 Å². The summed E-state index contributed by atoms with van der Waals surface area (Å²) in [4.78, 5) is 0. The summed E-state index contributed by atoms with van der Waals surface area (Å²) in [6.07, 6.45) is 5.65. The Morgan fingerprint density at radius 1 is 1.18 bits per heavy atom. The quantitative estimate of drug-likeness (QED) is 0.475. The van der Waals surface area contributed by atoms with Crippen LogP contribution >= 0.6 is 0 Å². The van der Waals surface area contributed by atoms with E-state index in [1.165, 1.54) is 0 Å². The van der Waals surface area contributed by atoms with Crippen molar-refractivity contribution in [3.05, 3.63) is 12.2 Å². The van der Waals surface area contributed by atoms with Crippen molar-refractivity contribution in [1.82, 2.24) is 5.32 Å². The molecule has 0 amide bonds. The fourth-order valence-corrected chi connectivity index (χ4v) is 0.824. The third-order valence-corrected chi connectivity index (χ3v) is 1.38. The molecule has 0 spiro atoms. The van der Waals surface area contributed by atoms with E-state index in [9.17, 15) is 0 Å². The van der Waals surface area contributed by atoms with Gasteiger partial charge in [-0.2, -0.15) is 0 Å². The van der Waals surface area contributed by atoms with Crippen molar-refractivity contribution in [3.8, 4) is 0 Å². The summed E-state index contributed by atoms with van der Waals surface area (Å²) in [6, 6.07) is 0.613. The maximum Gasteiger partial charge on any atom is 0.00105 e. The Balaban J connectivity index is 3.14. The lowest BCUT2D eigenvalue weighted by Gasteiger charge is -2.04. The molecule has 0 saturated heterocycles. The summed E-state index contributed by atoms with van der Waals surface area (Å²) in [6.45, 7) is 9.85. The van der Waals surface area contributed by atoms with Gasteiger partial charge in [0, 0.05) is 6.04 Å². The van der Waals surface area contributed by atoms with Crippen molar-refractivity contribution in [3.63, 3.8) is 0 Å². The number of hydrogen-bond acceptors (Lipinski definition) is 1. The van der Waals surface area contributed by atoms with Gasteiger partial charge in [-0.3, -0.25) is 0 Å². The molecule has 0 aliphatic heterocycles. The van der Waals surface area contributed by atoms with Gasteiger partial charge in [0.25, 0.3) is 0 Å². The molecule has 0 atom stereocenters. The highest BCUT2D eigenvalue weighted by atomic mass is 14.9. The normalized spacial score (nSPS) is 12.2. The molecule has 1 N–H and O–H groups in total. The zero-order valence-electron chi connectivity index (χ0n) is 8.22. The molecule has 0 bridgehead atoms. The maximum atomic E-state index is 3.37. The second-order valence-corrected chi connectivity index (χ2v) is 3.57. The lowest BCUT2D eigenvalue weighted by atomic mass is 10.2. The van der Waals surface area contributed by atoms with E-state index in [0.29, 0.717) is 12.0 Å². The summed E-state index contributed by atoms with van der Waals surface area (Å²) >= 11 is 0. The van der Waals surface area contributed by atoms with Gasteiger partial charge < -0.3 is 5.32 Å². The van der Waals surface area contributed by atoms with Crippen LogP contribution in [0, 0.1) is 5.92 Å². The van der Waals surface area contributed by atoms with Gasteiger partial charge in [-0.25, -0.2) is 0 Å². The van der Waals surface area contributed by atoms with Gasteiger partial charge >= 0.3 is 0 Å². The third kappa shape index (κ3) is 9.70. The first-order valence-electron chi connectivity index (χ1n) is 4.53. The van der Waals surface area contributed by atoms with Gasteiger partial charge in [0.1, 0.15) is 0 Å². The van der Waals surface area contributed by atoms with Crippen LogP contribution in [0.25, 0.3) is 0 Å². The lowest BCUT2D eigenvalue weighted by molar-refractivity contribution is 0.594. The Hall–Kier alpha value is -0.300. The molecule has 1 heteroatoms. The van der Waals surface area contributed by atoms with E-state index < -0.39 is 0 Å². The van der Waals surface area contributed by atoms with Crippen molar-refractivity contribution in [2.75, 3.05) is 6.54 Å². The Morgan fingerprint density at radius 2 is 1.82 bits per heavy atom. The first-order chi connectivity index (χ1) is 5.13. The smallest absolute Gasteiger partial charge is 0.00105 e. The molecule has 11 heavy (non-hydrogen) atoms. The van der Waals surface area contributed by atoms with Gasteiger partial charge in [0.15, 0.2) is 0 Å². The fraction of sp³-hybridized carbons (Fsp3) is 0.800. The molecular weight excluding hydrogens is 134 g/mol. The molecular formula is C10H21N. The van der Waals surface area contributed by atoms with Gasteiger partial charge in [-0.1, -0.05) is 39.8 Å². The SMILES string of the molecule is CC(C)/C=C\CCNC(C)C. The minimum absolute atomic E-state index is 0.613. The zero-order chi connectivity index (χ0) is 8.69. The molecule has 66 valence electrons.